The van der Waals surface area contributed by atoms with Crippen LogP contribution in [0.5, 0.6) is 0 Å². The van der Waals surface area contributed by atoms with Crippen molar-refractivity contribution >= 4 is 27.8 Å². The highest BCUT2D eigenvalue weighted by molar-refractivity contribution is 7.91. The minimum atomic E-state index is -3.69. The number of nitrogens with zero attached hydrogens (tertiary/aromatic N) is 3. The number of hydrogen-bond donors (Lipinski definition) is 0. The molecule has 10 nitrogen and oxygen atoms in total. The number of carbonyl (C=O) groups excluding carboxylic acids is 3. The molecule has 178 valence electrons. The molecule has 1 aromatic carbocycles. The van der Waals surface area contributed by atoms with Gasteiger partial charge >= 0.3 is 18.0 Å². The molecule has 0 saturated carbocycles. The van der Waals surface area contributed by atoms with E-state index in [1.807, 2.05) is 18.7 Å². The van der Waals surface area contributed by atoms with Gasteiger partial charge in [-0.1, -0.05) is 32.0 Å². The minimum Gasteiger partial charge on any atom is -0.433 e. The molecule has 11 heteroatoms. The number of hydrogen-bond acceptors (Lipinski definition) is 8. The molecular formula is C21H31N3O7S. The molecule has 1 unspecified atom stereocenters. The predicted molar refractivity (Wildman–Crippen MR) is 116 cm³/mol. The third-order valence-corrected chi connectivity index (χ3v) is 6.92. The number of carbonyl (C=O) groups is 3. The van der Waals surface area contributed by atoms with Crippen molar-refractivity contribution < 1.29 is 32.4 Å². The van der Waals surface area contributed by atoms with Gasteiger partial charge in [-0.25, -0.2) is 22.8 Å². The lowest BCUT2D eigenvalue weighted by Gasteiger charge is -2.38. The van der Waals surface area contributed by atoms with Crippen LogP contribution in [-0.4, -0.2) is 85.5 Å². The second-order valence-corrected chi connectivity index (χ2v) is 9.68. The zero-order valence-corrected chi connectivity index (χ0v) is 19.7. The number of sulfone groups is 1. The number of benzene rings is 1. The maximum Gasteiger partial charge on any atom is 0.441 e. The van der Waals surface area contributed by atoms with Gasteiger partial charge in [0.05, 0.1) is 17.2 Å². The Morgan fingerprint density at radius 2 is 1.66 bits per heavy atom. The number of rotatable bonds is 10. The van der Waals surface area contributed by atoms with E-state index in [9.17, 15) is 22.8 Å². The summed E-state index contributed by atoms with van der Waals surface area (Å²) in [6.07, 6.45) is -1.43. The van der Waals surface area contributed by atoms with Gasteiger partial charge in [0.25, 0.3) is 0 Å². The van der Waals surface area contributed by atoms with Crippen LogP contribution in [0.2, 0.25) is 0 Å². The van der Waals surface area contributed by atoms with Crippen molar-refractivity contribution in [3.05, 3.63) is 30.3 Å². The third-order valence-electron chi connectivity index (χ3n) is 5.15. The third kappa shape index (κ3) is 6.42. The smallest absolute Gasteiger partial charge is 0.433 e. The van der Waals surface area contributed by atoms with Crippen LogP contribution in [0.3, 0.4) is 0 Å². The lowest BCUT2D eigenvalue weighted by molar-refractivity contribution is -0.207. The highest BCUT2D eigenvalue weighted by Gasteiger charge is 2.40. The first kappa shape index (κ1) is 25.6. The van der Waals surface area contributed by atoms with Crippen molar-refractivity contribution in [2.45, 2.75) is 51.3 Å². The Labute approximate surface area is 188 Å². The molecule has 1 heterocycles. The van der Waals surface area contributed by atoms with Gasteiger partial charge < -0.3 is 14.5 Å². The van der Waals surface area contributed by atoms with Crippen molar-refractivity contribution in [2.24, 2.45) is 0 Å². The van der Waals surface area contributed by atoms with Crippen LogP contribution in [0.15, 0.2) is 35.2 Å². The van der Waals surface area contributed by atoms with Gasteiger partial charge in [-0.2, -0.15) is 5.06 Å². The van der Waals surface area contributed by atoms with Crippen molar-refractivity contribution in [1.82, 2.24) is 14.9 Å². The maximum absolute atomic E-state index is 13.2. The van der Waals surface area contributed by atoms with Crippen LogP contribution in [0.25, 0.3) is 0 Å². The molecule has 0 bridgehead atoms. The average molecular weight is 470 g/mol. The van der Waals surface area contributed by atoms with E-state index in [-0.39, 0.29) is 23.6 Å². The fraction of sp³-hybridized carbons (Fsp3) is 0.571. The summed E-state index contributed by atoms with van der Waals surface area (Å²) in [6, 6.07) is 6.73. The quantitative estimate of drug-likeness (QED) is 0.376. The molecule has 1 saturated heterocycles. The molecule has 1 atom stereocenters. The Balaban J connectivity index is 2.26. The molecule has 1 aliphatic heterocycles. The first-order valence-electron chi connectivity index (χ1n) is 10.6. The van der Waals surface area contributed by atoms with Gasteiger partial charge in [0, 0.05) is 19.0 Å². The number of urea groups is 1. The molecule has 2 amide bonds. The number of ether oxygens (including phenoxy) is 1. The molecule has 0 spiro atoms. The monoisotopic (exact) mass is 469 g/mol. The van der Waals surface area contributed by atoms with Crippen molar-refractivity contribution in [1.29, 1.82) is 0 Å². The van der Waals surface area contributed by atoms with Crippen LogP contribution < -0.4 is 0 Å². The normalized spacial score (nSPS) is 17.9. The number of amides is 2. The molecule has 0 N–H and O–H groups in total. The van der Waals surface area contributed by atoms with Crippen LogP contribution in [0, 0.1) is 0 Å². The Bertz CT molecular complexity index is 901. The van der Waals surface area contributed by atoms with Gasteiger partial charge in [0.15, 0.2) is 16.1 Å². The molecule has 1 aromatic rings. The molecule has 0 aromatic heterocycles. The fourth-order valence-corrected chi connectivity index (χ4v) is 4.64. The van der Waals surface area contributed by atoms with Gasteiger partial charge in [-0.3, -0.25) is 4.90 Å². The first-order chi connectivity index (χ1) is 15.1. The van der Waals surface area contributed by atoms with Crippen molar-refractivity contribution in [3.63, 3.8) is 0 Å². The minimum absolute atomic E-state index is 0.0534. The average Bonchev–Trinajstić information content (AvgIpc) is 2.76. The van der Waals surface area contributed by atoms with E-state index >= 15 is 0 Å². The summed E-state index contributed by atoms with van der Waals surface area (Å²) in [5.74, 6) is -2.98. The summed E-state index contributed by atoms with van der Waals surface area (Å²) in [4.78, 5) is 45.9. The Kier molecular flexibility index (Phi) is 9.02. The van der Waals surface area contributed by atoms with Crippen LogP contribution in [0.4, 0.5) is 4.79 Å². The van der Waals surface area contributed by atoms with E-state index in [4.69, 9.17) is 9.57 Å². The lowest BCUT2D eigenvalue weighted by atomic mass is 10.2. The highest BCUT2D eigenvalue weighted by Crippen LogP contribution is 2.21. The molecule has 0 radical (unpaired) electrons. The van der Waals surface area contributed by atoms with E-state index in [2.05, 4.69) is 0 Å². The standard InChI is InChI=1S/C21H31N3O7S/c1-5-22(6-2)13-14-23-21(27)24(16(3)4)18(30-19(25)20(26)31-23)12-15-32(28,29)17-10-8-7-9-11-17/h7-11,16,18H,5-6,12-15H2,1-4H3. The van der Waals surface area contributed by atoms with Crippen molar-refractivity contribution in [3.8, 4) is 0 Å². The predicted octanol–water partition coefficient (Wildman–Crippen LogP) is 1.67. The first-order valence-corrected chi connectivity index (χ1v) is 12.3. The van der Waals surface area contributed by atoms with E-state index in [1.165, 1.54) is 17.0 Å². The van der Waals surface area contributed by atoms with Gasteiger partial charge in [-0.15, -0.1) is 0 Å². The molecule has 32 heavy (non-hydrogen) atoms. The maximum atomic E-state index is 13.2. The molecule has 0 aliphatic carbocycles. The summed E-state index contributed by atoms with van der Waals surface area (Å²) >= 11 is 0. The summed E-state index contributed by atoms with van der Waals surface area (Å²) in [5, 5.41) is 0.847. The lowest BCUT2D eigenvalue weighted by Crippen LogP contribution is -2.57. The molecular weight excluding hydrogens is 438 g/mol. The van der Waals surface area contributed by atoms with E-state index in [0.717, 1.165) is 18.2 Å². The van der Waals surface area contributed by atoms with Gasteiger partial charge in [0.2, 0.25) is 0 Å². The fourth-order valence-electron chi connectivity index (χ4n) is 3.32. The number of cyclic esters (lactones) is 1. The largest absolute Gasteiger partial charge is 0.441 e. The summed E-state index contributed by atoms with van der Waals surface area (Å²) in [7, 11) is -3.69. The second kappa shape index (κ2) is 11.3. The summed E-state index contributed by atoms with van der Waals surface area (Å²) in [5.41, 5.74) is 0. The van der Waals surface area contributed by atoms with Crippen LogP contribution in [0.1, 0.15) is 34.1 Å². The number of hydroxylamine groups is 2. The molecule has 1 aliphatic rings. The van der Waals surface area contributed by atoms with E-state index in [1.54, 1.807) is 32.0 Å². The zero-order valence-electron chi connectivity index (χ0n) is 18.9. The Morgan fingerprint density at radius 1 is 1.03 bits per heavy atom. The zero-order chi connectivity index (χ0) is 23.9. The van der Waals surface area contributed by atoms with Crippen LogP contribution >= 0.6 is 0 Å². The van der Waals surface area contributed by atoms with Gasteiger partial charge in [-0.05, 0) is 39.1 Å². The van der Waals surface area contributed by atoms with Crippen LogP contribution in [-0.2, 0) is 29.0 Å². The number of likely N-dealkylation sites (N-methyl/N-ethyl adjacent to an activating group) is 1. The number of esters is 1. The van der Waals surface area contributed by atoms with Crippen molar-refractivity contribution in [2.75, 3.05) is 31.9 Å². The van der Waals surface area contributed by atoms with E-state index < -0.39 is 40.1 Å². The molecule has 2 rings (SSSR count). The topological polar surface area (TPSA) is 114 Å². The van der Waals surface area contributed by atoms with Gasteiger partial charge in [0.1, 0.15) is 0 Å². The van der Waals surface area contributed by atoms with E-state index in [0.29, 0.717) is 6.54 Å². The second-order valence-electron chi connectivity index (χ2n) is 7.57. The molecule has 1 fully saturated rings. The summed E-state index contributed by atoms with van der Waals surface area (Å²) < 4.78 is 30.6. The Hall–Kier alpha value is -2.66. The highest BCUT2D eigenvalue weighted by atomic mass is 32.2. The Morgan fingerprint density at radius 3 is 2.22 bits per heavy atom. The SMILES string of the molecule is CCN(CC)CCN1OC(=O)C(=O)OC(CCS(=O)(=O)c2ccccc2)N(C(C)C)C1=O. The summed E-state index contributed by atoms with van der Waals surface area (Å²) in [6.45, 7) is 9.30.